The third kappa shape index (κ3) is 66.2. The molecule has 82 heavy (non-hydrogen) atoms. The molecule has 0 radical (unpaired) electrons. The molecule has 1 amide bonds. The van der Waals surface area contributed by atoms with Crippen molar-refractivity contribution in [3.05, 3.63) is 36.5 Å². The molecule has 2 N–H and O–H groups in total. The number of amides is 1. The minimum atomic E-state index is -4.60. The Balaban J connectivity index is 4.01. The molecular weight excluding hydrogens is 1030 g/mol. The Morgan fingerprint density at radius 2 is 0.707 bits per heavy atom. The van der Waals surface area contributed by atoms with Crippen LogP contribution in [0.15, 0.2) is 36.5 Å². The van der Waals surface area contributed by atoms with Crippen molar-refractivity contribution in [2.24, 2.45) is 0 Å². The molecule has 0 rings (SSSR count). The van der Waals surface area contributed by atoms with E-state index in [9.17, 15) is 19.4 Å². The van der Waals surface area contributed by atoms with Gasteiger partial charge in [-0.2, -0.15) is 0 Å². The Morgan fingerprint density at radius 3 is 1.01 bits per heavy atom. The molecule has 0 bridgehead atoms. The van der Waals surface area contributed by atoms with Crippen LogP contribution in [0.4, 0.5) is 0 Å². The first kappa shape index (κ1) is 80.7. The lowest BCUT2D eigenvalue weighted by molar-refractivity contribution is -0.870. The number of phosphoric acid groups is 1. The highest BCUT2D eigenvalue weighted by molar-refractivity contribution is 7.45. The number of phosphoric ester groups is 1. The van der Waals surface area contributed by atoms with Gasteiger partial charge in [0, 0.05) is 6.42 Å². The number of quaternary nitrogens is 1. The van der Waals surface area contributed by atoms with Gasteiger partial charge in [-0.05, 0) is 51.4 Å². The molecule has 0 aromatic heterocycles. The Bertz CT molecular complexity index is 1430. The summed E-state index contributed by atoms with van der Waals surface area (Å²) in [6, 6.07) is -0.886. The number of hydrogen-bond acceptors (Lipinski definition) is 6. The smallest absolute Gasteiger partial charge is 0.268 e. The van der Waals surface area contributed by atoms with Gasteiger partial charge in [0.25, 0.3) is 7.82 Å². The molecule has 8 nitrogen and oxygen atoms in total. The first-order valence-electron chi connectivity index (χ1n) is 36.4. The summed E-state index contributed by atoms with van der Waals surface area (Å²) in [5.74, 6) is -0.189. The highest BCUT2D eigenvalue weighted by Gasteiger charge is 2.23. The van der Waals surface area contributed by atoms with E-state index in [-0.39, 0.29) is 19.1 Å². The van der Waals surface area contributed by atoms with E-state index in [2.05, 4.69) is 43.5 Å². The van der Waals surface area contributed by atoms with E-state index >= 15 is 0 Å². The van der Waals surface area contributed by atoms with Gasteiger partial charge in [-0.15, -0.1) is 0 Å². The Morgan fingerprint density at radius 1 is 0.427 bits per heavy atom. The van der Waals surface area contributed by atoms with Crippen LogP contribution in [0.1, 0.15) is 373 Å². The molecule has 9 heteroatoms. The van der Waals surface area contributed by atoms with Crippen molar-refractivity contribution in [1.29, 1.82) is 0 Å². The predicted octanol–water partition coefficient (Wildman–Crippen LogP) is 22.6. The number of rotatable bonds is 68. The zero-order valence-electron chi connectivity index (χ0n) is 55.7. The minimum absolute atomic E-state index is 0.00133. The van der Waals surface area contributed by atoms with Crippen LogP contribution in [-0.4, -0.2) is 68.5 Å². The van der Waals surface area contributed by atoms with E-state index in [0.29, 0.717) is 17.4 Å². The third-order valence-corrected chi connectivity index (χ3v) is 17.8. The fraction of sp³-hybridized carbons (Fsp3) is 0.904. The quantitative estimate of drug-likeness (QED) is 0.0272. The topological polar surface area (TPSA) is 108 Å². The first-order chi connectivity index (χ1) is 40.0. The van der Waals surface area contributed by atoms with Gasteiger partial charge in [-0.3, -0.25) is 9.36 Å². The molecule has 3 unspecified atom stereocenters. The Labute approximate surface area is 512 Å². The summed E-state index contributed by atoms with van der Waals surface area (Å²) in [5, 5.41) is 14.0. The fourth-order valence-corrected chi connectivity index (χ4v) is 11.9. The standard InChI is InChI=1S/C73H143N2O6P/c1-6-8-10-12-14-16-18-20-22-24-26-28-30-32-34-35-36-37-38-39-41-43-45-47-49-51-53-55-57-59-61-63-65-67-73(77)74-71(70-81-82(78,79)80-69-68-75(3,4)5)72(76)66-64-62-60-58-56-54-52-50-48-46-44-42-40-33-31-29-27-25-23-21-19-17-15-13-11-9-7-2/h18,20,24,26,64,66,71-72,76H,6-17,19,21-23,25,27-63,65,67-70H2,1-5H3,(H-,74,77,78,79)/b20-18-,26-24-,66-64+. The normalized spacial score (nSPS) is 13.8. The second-order valence-electron chi connectivity index (χ2n) is 26.3. The second-order valence-corrected chi connectivity index (χ2v) is 27.7. The van der Waals surface area contributed by atoms with E-state index < -0.39 is 20.0 Å². The number of unbranched alkanes of at least 4 members (excludes halogenated alkanes) is 51. The van der Waals surface area contributed by atoms with Crippen LogP contribution in [-0.2, 0) is 18.4 Å². The number of nitrogens with one attached hydrogen (secondary N) is 1. The van der Waals surface area contributed by atoms with Crippen molar-refractivity contribution in [2.45, 2.75) is 386 Å². The van der Waals surface area contributed by atoms with Crippen LogP contribution in [0, 0.1) is 0 Å². The lowest BCUT2D eigenvalue weighted by atomic mass is 10.0. The first-order valence-corrected chi connectivity index (χ1v) is 37.8. The predicted molar refractivity (Wildman–Crippen MR) is 358 cm³/mol. The lowest BCUT2D eigenvalue weighted by Crippen LogP contribution is -2.45. The molecule has 0 aromatic carbocycles. The summed E-state index contributed by atoms with van der Waals surface area (Å²) < 4.78 is 23.5. The monoisotopic (exact) mass is 1180 g/mol. The molecule has 0 spiro atoms. The van der Waals surface area contributed by atoms with E-state index in [0.717, 1.165) is 44.9 Å². The van der Waals surface area contributed by atoms with Crippen LogP contribution >= 0.6 is 7.82 Å². The number of hydrogen-bond donors (Lipinski definition) is 2. The van der Waals surface area contributed by atoms with Crippen LogP contribution < -0.4 is 10.2 Å². The second kappa shape index (κ2) is 64.2. The van der Waals surface area contributed by atoms with Gasteiger partial charge >= 0.3 is 0 Å². The van der Waals surface area contributed by atoms with Crippen LogP contribution in [0.25, 0.3) is 0 Å². The largest absolute Gasteiger partial charge is 0.756 e. The van der Waals surface area contributed by atoms with Crippen molar-refractivity contribution in [1.82, 2.24) is 5.32 Å². The molecule has 0 aliphatic rings. The SMILES string of the molecule is CCCCCCC/C=C\C/C=C\CCCCCCCCCCCCCCCCCCCCCCCC(=O)NC(COP(=O)([O-])OCC[N+](C)(C)C)C(O)/C=C/CCCCCCCCCCCCCCCCCCCCCCCCCCC. The molecule has 0 saturated heterocycles. The van der Waals surface area contributed by atoms with Gasteiger partial charge in [0.05, 0.1) is 39.9 Å². The highest BCUT2D eigenvalue weighted by Crippen LogP contribution is 2.38. The Kier molecular flexibility index (Phi) is 63.2. The minimum Gasteiger partial charge on any atom is -0.756 e. The van der Waals surface area contributed by atoms with Crippen molar-refractivity contribution in [2.75, 3.05) is 40.9 Å². The maximum Gasteiger partial charge on any atom is 0.268 e. The summed E-state index contributed by atoms with van der Waals surface area (Å²) in [7, 11) is 1.28. The molecule has 0 heterocycles. The van der Waals surface area contributed by atoms with Crippen molar-refractivity contribution >= 4 is 13.7 Å². The maximum atomic E-state index is 13.0. The van der Waals surface area contributed by atoms with Gasteiger partial charge in [0.1, 0.15) is 13.2 Å². The van der Waals surface area contributed by atoms with Crippen molar-refractivity contribution < 1.29 is 32.9 Å². The van der Waals surface area contributed by atoms with Crippen LogP contribution in [0.3, 0.4) is 0 Å². The van der Waals surface area contributed by atoms with Gasteiger partial charge in [-0.25, -0.2) is 0 Å². The highest BCUT2D eigenvalue weighted by atomic mass is 31.2. The number of carbonyl (C=O) groups excluding carboxylic acids is 1. The van der Waals surface area contributed by atoms with Crippen molar-refractivity contribution in [3.63, 3.8) is 0 Å². The molecule has 0 aromatic rings. The third-order valence-electron chi connectivity index (χ3n) is 16.8. The number of likely N-dealkylation sites (N-methyl/N-ethyl adjacent to an activating group) is 1. The van der Waals surface area contributed by atoms with E-state index in [4.69, 9.17) is 9.05 Å². The summed E-state index contributed by atoms with van der Waals surface area (Å²) in [6.45, 7) is 4.70. The molecule has 486 valence electrons. The van der Waals surface area contributed by atoms with Gasteiger partial charge in [-0.1, -0.05) is 352 Å². The van der Waals surface area contributed by atoms with E-state index in [1.807, 2.05) is 27.2 Å². The average molecular weight is 1180 g/mol. The zero-order chi connectivity index (χ0) is 59.8. The molecule has 0 aliphatic heterocycles. The number of aliphatic hydroxyl groups excluding tert-OH is 1. The van der Waals surface area contributed by atoms with Crippen LogP contribution in [0.2, 0.25) is 0 Å². The molecule has 0 saturated carbocycles. The average Bonchev–Trinajstić information content (AvgIpc) is 3.47. The van der Waals surface area contributed by atoms with Crippen molar-refractivity contribution in [3.8, 4) is 0 Å². The maximum absolute atomic E-state index is 13.0. The Hall–Kier alpha value is -1.28. The number of aliphatic hydroxyl groups is 1. The fourth-order valence-electron chi connectivity index (χ4n) is 11.2. The number of nitrogens with zero attached hydrogens (tertiary/aromatic N) is 1. The van der Waals surface area contributed by atoms with Crippen LogP contribution in [0.5, 0.6) is 0 Å². The van der Waals surface area contributed by atoms with E-state index in [1.54, 1.807) is 6.08 Å². The molecule has 0 aliphatic carbocycles. The summed E-state index contributed by atoms with van der Waals surface area (Å²) >= 11 is 0. The summed E-state index contributed by atoms with van der Waals surface area (Å²) in [6.07, 6.45) is 85.6. The van der Waals surface area contributed by atoms with E-state index in [1.165, 1.54) is 308 Å². The molecular formula is C73H143N2O6P. The number of carbonyl (C=O) groups is 1. The molecule has 0 fully saturated rings. The molecule has 3 atom stereocenters. The zero-order valence-corrected chi connectivity index (χ0v) is 56.6. The van der Waals surface area contributed by atoms with Gasteiger partial charge in [0.15, 0.2) is 0 Å². The number of allylic oxidation sites excluding steroid dienone is 5. The lowest BCUT2D eigenvalue weighted by Gasteiger charge is -2.29. The van der Waals surface area contributed by atoms with Gasteiger partial charge in [0.2, 0.25) is 5.91 Å². The summed E-state index contributed by atoms with van der Waals surface area (Å²) in [5.41, 5.74) is 0. The summed E-state index contributed by atoms with van der Waals surface area (Å²) in [4.78, 5) is 25.7. The van der Waals surface area contributed by atoms with Gasteiger partial charge < -0.3 is 28.8 Å².